The number of nitrogens with zero attached hydrogens (tertiary/aromatic N) is 1. The number of thioether (sulfide) groups is 1. The van der Waals surface area contributed by atoms with Gasteiger partial charge in [-0.3, -0.25) is 9.59 Å². The van der Waals surface area contributed by atoms with Gasteiger partial charge in [-0.05, 0) is 43.9 Å². The Morgan fingerprint density at radius 1 is 1.38 bits per heavy atom. The number of rotatable bonds is 3. The molecule has 4 nitrogen and oxygen atoms in total. The van der Waals surface area contributed by atoms with E-state index in [0.29, 0.717) is 11.4 Å². The predicted octanol–water partition coefficient (Wildman–Crippen LogP) is 2.40. The highest BCUT2D eigenvalue weighted by Gasteiger charge is 2.32. The summed E-state index contributed by atoms with van der Waals surface area (Å²) in [5.41, 5.74) is 3.50. The Bertz CT molecular complexity index is 686. The van der Waals surface area contributed by atoms with Crippen molar-refractivity contribution < 1.29 is 9.59 Å². The Balaban J connectivity index is 2.20. The topological polar surface area (TPSA) is 70.0 Å². The first-order valence-corrected chi connectivity index (χ1v) is 7.49. The van der Waals surface area contributed by atoms with Gasteiger partial charge >= 0.3 is 0 Å². The van der Waals surface area contributed by atoms with Gasteiger partial charge in [0.15, 0.2) is 5.78 Å². The van der Waals surface area contributed by atoms with Gasteiger partial charge in [-0.2, -0.15) is 5.26 Å². The quantitative estimate of drug-likeness (QED) is 0.687. The lowest BCUT2D eigenvalue weighted by Crippen LogP contribution is -2.24. The molecule has 1 amide bonds. The fraction of sp³-hybridized carbons (Fsp3) is 0.312. The summed E-state index contributed by atoms with van der Waals surface area (Å²) in [6.07, 6.45) is 0.581. The summed E-state index contributed by atoms with van der Waals surface area (Å²) in [7, 11) is 0. The number of aryl methyl sites for hydroxylation is 2. The minimum atomic E-state index is -0.327. The van der Waals surface area contributed by atoms with Gasteiger partial charge in [0.1, 0.15) is 11.6 Å². The van der Waals surface area contributed by atoms with E-state index in [-0.39, 0.29) is 22.5 Å². The van der Waals surface area contributed by atoms with Crippen LogP contribution in [0, 0.1) is 25.2 Å². The summed E-state index contributed by atoms with van der Waals surface area (Å²) in [6.45, 7) is 5.41. The number of carbonyl (C=O) groups excluding carboxylic acids is 2. The Labute approximate surface area is 128 Å². The van der Waals surface area contributed by atoms with Crippen molar-refractivity contribution in [1.29, 1.82) is 5.26 Å². The molecule has 0 unspecified atom stereocenters. The number of nitrogens with one attached hydrogen (secondary N) is 1. The molecule has 0 aliphatic carbocycles. The number of Topliss-reactive ketones (excluding diaryl/α,β-unsaturated/α-hetero) is 1. The third kappa shape index (κ3) is 3.34. The number of benzene rings is 1. The summed E-state index contributed by atoms with van der Waals surface area (Å²) in [4.78, 5) is 23.4. The molecule has 1 fully saturated rings. The summed E-state index contributed by atoms with van der Waals surface area (Å²) < 4.78 is 0. The van der Waals surface area contributed by atoms with Crippen molar-refractivity contribution in [1.82, 2.24) is 5.32 Å². The number of carbonyl (C=O) groups is 2. The Morgan fingerprint density at radius 2 is 2.10 bits per heavy atom. The largest absolute Gasteiger partial charge is 0.318 e. The van der Waals surface area contributed by atoms with E-state index in [0.717, 1.165) is 5.56 Å². The second-order valence-corrected chi connectivity index (χ2v) is 6.30. The van der Waals surface area contributed by atoms with Crippen LogP contribution in [0.4, 0.5) is 0 Å². The number of amides is 1. The first-order chi connectivity index (χ1) is 9.92. The minimum absolute atomic E-state index is 0.0240. The van der Waals surface area contributed by atoms with E-state index in [4.69, 9.17) is 5.26 Å². The van der Waals surface area contributed by atoms with Crippen LogP contribution in [0.2, 0.25) is 0 Å². The summed E-state index contributed by atoms with van der Waals surface area (Å²) in [6, 6.07) is 7.97. The minimum Gasteiger partial charge on any atom is -0.318 e. The monoisotopic (exact) mass is 300 g/mol. The van der Waals surface area contributed by atoms with Crippen molar-refractivity contribution in [3.63, 3.8) is 0 Å². The molecular weight excluding hydrogens is 284 g/mol. The molecular formula is C16H16N2O2S. The molecule has 1 heterocycles. The van der Waals surface area contributed by atoms with Crippen molar-refractivity contribution in [2.45, 2.75) is 32.4 Å². The molecule has 21 heavy (non-hydrogen) atoms. The van der Waals surface area contributed by atoms with E-state index in [2.05, 4.69) is 11.4 Å². The molecule has 108 valence electrons. The van der Waals surface area contributed by atoms with Gasteiger partial charge in [0.05, 0.1) is 10.3 Å². The van der Waals surface area contributed by atoms with Gasteiger partial charge < -0.3 is 5.32 Å². The van der Waals surface area contributed by atoms with Crippen LogP contribution in [0.3, 0.4) is 0 Å². The Hall–Kier alpha value is -2.06. The molecule has 1 aliphatic rings. The van der Waals surface area contributed by atoms with Crippen molar-refractivity contribution in [3.05, 3.63) is 45.5 Å². The van der Waals surface area contributed by atoms with Gasteiger partial charge in [-0.1, -0.05) is 30.0 Å². The standard InChI is InChI=1S/C16H16N2O2S/c1-9-4-5-12(6-10(9)2)7-14-15(20)18-16(21-14)13(8-17)11(3)19/h4-6,14H,7H2,1-3H3,(H,18,20)/b16-13-/t14-/m0/s1. The lowest BCUT2D eigenvalue weighted by molar-refractivity contribution is -0.119. The molecule has 5 heteroatoms. The Morgan fingerprint density at radius 3 is 2.67 bits per heavy atom. The number of hydrogen-bond acceptors (Lipinski definition) is 4. The smallest absolute Gasteiger partial charge is 0.238 e. The van der Waals surface area contributed by atoms with Crippen LogP contribution in [-0.4, -0.2) is 16.9 Å². The van der Waals surface area contributed by atoms with Gasteiger partial charge in [0.25, 0.3) is 0 Å². The van der Waals surface area contributed by atoms with Gasteiger partial charge in [-0.25, -0.2) is 0 Å². The van der Waals surface area contributed by atoms with Crippen LogP contribution in [0.1, 0.15) is 23.6 Å². The van der Waals surface area contributed by atoms with Gasteiger partial charge in [0.2, 0.25) is 5.91 Å². The molecule has 1 aliphatic heterocycles. The maximum absolute atomic E-state index is 12.0. The second kappa shape index (κ2) is 6.15. The lowest BCUT2D eigenvalue weighted by atomic mass is 10.0. The molecule has 2 rings (SSSR count). The number of allylic oxidation sites excluding steroid dienone is 1. The fourth-order valence-electron chi connectivity index (χ4n) is 2.11. The van der Waals surface area contributed by atoms with Gasteiger partial charge in [-0.15, -0.1) is 0 Å². The highest BCUT2D eigenvalue weighted by Crippen LogP contribution is 2.32. The number of ketones is 1. The van der Waals surface area contributed by atoms with E-state index in [1.807, 2.05) is 32.0 Å². The second-order valence-electron chi connectivity index (χ2n) is 5.09. The summed E-state index contributed by atoms with van der Waals surface area (Å²) in [5, 5.41) is 11.7. The molecule has 0 spiro atoms. The van der Waals surface area contributed by atoms with E-state index in [1.54, 1.807) is 0 Å². The summed E-state index contributed by atoms with van der Waals surface area (Å²) >= 11 is 1.26. The molecule has 1 aromatic rings. The maximum Gasteiger partial charge on any atom is 0.238 e. The highest BCUT2D eigenvalue weighted by atomic mass is 32.2. The first kappa shape index (κ1) is 15.3. The molecule has 0 radical (unpaired) electrons. The number of hydrogen-bond donors (Lipinski definition) is 1. The molecule has 1 N–H and O–H groups in total. The first-order valence-electron chi connectivity index (χ1n) is 6.61. The van der Waals surface area contributed by atoms with E-state index in [9.17, 15) is 9.59 Å². The average Bonchev–Trinajstić information content (AvgIpc) is 2.75. The lowest BCUT2D eigenvalue weighted by Gasteiger charge is -2.08. The van der Waals surface area contributed by atoms with Crippen molar-refractivity contribution >= 4 is 23.5 Å². The van der Waals surface area contributed by atoms with Crippen LogP contribution < -0.4 is 5.32 Å². The zero-order valence-corrected chi connectivity index (χ0v) is 13.0. The molecule has 0 saturated carbocycles. The molecule has 1 saturated heterocycles. The predicted molar refractivity (Wildman–Crippen MR) is 82.5 cm³/mol. The van der Waals surface area contributed by atoms with Crippen LogP contribution in [0.25, 0.3) is 0 Å². The highest BCUT2D eigenvalue weighted by molar-refractivity contribution is 8.04. The van der Waals surface area contributed by atoms with E-state index >= 15 is 0 Å². The van der Waals surface area contributed by atoms with E-state index in [1.165, 1.54) is 29.8 Å². The van der Waals surface area contributed by atoms with Crippen molar-refractivity contribution in [2.75, 3.05) is 0 Å². The fourth-order valence-corrected chi connectivity index (χ4v) is 3.30. The van der Waals surface area contributed by atoms with Crippen molar-refractivity contribution in [3.8, 4) is 6.07 Å². The van der Waals surface area contributed by atoms with Crippen molar-refractivity contribution in [2.24, 2.45) is 0 Å². The number of nitriles is 1. The normalized spacial score (nSPS) is 19.9. The molecule has 1 atom stereocenters. The third-order valence-corrected chi connectivity index (χ3v) is 4.68. The average molecular weight is 300 g/mol. The van der Waals surface area contributed by atoms with Gasteiger partial charge in [0, 0.05) is 0 Å². The Kier molecular flexibility index (Phi) is 4.49. The van der Waals surface area contributed by atoms with Crippen LogP contribution in [0.15, 0.2) is 28.8 Å². The molecule has 0 aromatic heterocycles. The third-order valence-electron chi connectivity index (χ3n) is 3.47. The maximum atomic E-state index is 12.0. The zero-order chi connectivity index (χ0) is 15.6. The van der Waals surface area contributed by atoms with Crippen LogP contribution in [0.5, 0.6) is 0 Å². The SMILES string of the molecule is CC(=O)/C(C#N)=C1/NC(=O)[C@H](Cc2ccc(C)c(C)c2)S1. The van der Waals surface area contributed by atoms with Crippen LogP contribution >= 0.6 is 11.8 Å². The molecule has 0 bridgehead atoms. The molecule has 1 aromatic carbocycles. The van der Waals surface area contributed by atoms with E-state index < -0.39 is 0 Å². The summed E-state index contributed by atoms with van der Waals surface area (Å²) in [5.74, 6) is -0.477. The van der Waals surface area contributed by atoms with Crippen LogP contribution in [-0.2, 0) is 16.0 Å². The zero-order valence-electron chi connectivity index (χ0n) is 12.2.